The molecule has 0 aliphatic carbocycles. The number of nitrogens with one attached hydrogen (secondary N) is 1. The fourth-order valence-electron chi connectivity index (χ4n) is 2.23. The fourth-order valence-corrected chi connectivity index (χ4v) is 2.67. The molecule has 0 aliphatic rings. The lowest BCUT2D eigenvalue weighted by atomic mass is 10.2. The highest BCUT2D eigenvalue weighted by Crippen LogP contribution is 2.18. The van der Waals surface area contributed by atoms with Crippen molar-refractivity contribution in [2.75, 3.05) is 18.5 Å². The number of pyridine rings is 1. The number of nitrogens with zero attached hydrogens (tertiary/aromatic N) is 2. The van der Waals surface area contributed by atoms with Gasteiger partial charge in [0.1, 0.15) is 5.82 Å². The maximum absolute atomic E-state index is 4.72. The van der Waals surface area contributed by atoms with E-state index in [4.69, 9.17) is 4.98 Å². The Morgan fingerprint density at radius 2 is 2.05 bits per heavy atom. The van der Waals surface area contributed by atoms with Gasteiger partial charge in [-0.3, -0.25) is 0 Å². The number of rotatable bonds is 6. The van der Waals surface area contributed by atoms with E-state index in [9.17, 15) is 0 Å². The Hall–Kier alpha value is -1.39. The summed E-state index contributed by atoms with van der Waals surface area (Å²) < 4.78 is 1.11. The molecule has 0 spiro atoms. The standard InChI is InChI=1S/C17H22BrN3/c1-4-19-11-15-8-9-17(20-13(15)2)21(3)12-14-6-5-7-16(18)10-14/h5-10,19H,4,11-12H2,1-3H3. The average molecular weight is 348 g/mol. The highest BCUT2D eigenvalue weighted by atomic mass is 79.9. The lowest BCUT2D eigenvalue weighted by molar-refractivity contribution is 0.719. The number of hydrogen-bond acceptors (Lipinski definition) is 3. The first-order chi connectivity index (χ1) is 10.1. The minimum atomic E-state index is 0.846. The molecule has 1 aromatic carbocycles. The van der Waals surface area contributed by atoms with Gasteiger partial charge in [-0.2, -0.15) is 0 Å². The average Bonchev–Trinajstić information content (AvgIpc) is 2.46. The molecule has 0 aliphatic heterocycles. The van der Waals surface area contributed by atoms with E-state index in [2.05, 4.69) is 77.4 Å². The van der Waals surface area contributed by atoms with Crippen LogP contribution >= 0.6 is 15.9 Å². The third kappa shape index (κ3) is 4.55. The van der Waals surface area contributed by atoms with E-state index in [0.29, 0.717) is 0 Å². The zero-order chi connectivity index (χ0) is 15.2. The molecule has 0 saturated carbocycles. The number of anilines is 1. The van der Waals surface area contributed by atoms with Crippen LogP contribution in [0.2, 0.25) is 0 Å². The van der Waals surface area contributed by atoms with Crippen LogP contribution in [0, 0.1) is 6.92 Å². The number of aromatic nitrogens is 1. The molecule has 112 valence electrons. The molecule has 4 heteroatoms. The van der Waals surface area contributed by atoms with Gasteiger partial charge in [0.15, 0.2) is 0 Å². The summed E-state index contributed by atoms with van der Waals surface area (Å²) in [6, 6.07) is 12.6. The van der Waals surface area contributed by atoms with E-state index in [0.717, 1.165) is 35.6 Å². The molecule has 0 radical (unpaired) electrons. The summed E-state index contributed by atoms with van der Waals surface area (Å²) in [5, 5.41) is 3.34. The lowest BCUT2D eigenvalue weighted by Crippen LogP contribution is -2.19. The van der Waals surface area contributed by atoms with Crippen LogP contribution in [0.5, 0.6) is 0 Å². The van der Waals surface area contributed by atoms with Crippen LogP contribution < -0.4 is 10.2 Å². The van der Waals surface area contributed by atoms with E-state index in [-0.39, 0.29) is 0 Å². The fraction of sp³-hybridized carbons (Fsp3) is 0.353. The maximum Gasteiger partial charge on any atom is 0.128 e. The van der Waals surface area contributed by atoms with Crippen molar-refractivity contribution in [2.45, 2.75) is 26.9 Å². The molecule has 2 aromatic rings. The SMILES string of the molecule is CCNCc1ccc(N(C)Cc2cccc(Br)c2)nc1C. The Bertz CT molecular complexity index is 598. The molecule has 21 heavy (non-hydrogen) atoms. The summed E-state index contributed by atoms with van der Waals surface area (Å²) >= 11 is 3.51. The van der Waals surface area contributed by atoms with Gasteiger partial charge in [-0.05, 0) is 42.8 Å². The minimum Gasteiger partial charge on any atom is -0.355 e. The Labute approximate surface area is 135 Å². The monoisotopic (exact) mass is 347 g/mol. The highest BCUT2D eigenvalue weighted by Gasteiger charge is 2.07. The molecular formula is C17H22BrN3. The molecule has 0 bridgehead atoms. The largest absolute Gasteiger partial charge is 0.355 e. The first-order valence-electron chi connectivity index (χ1n) is 7.23. The first kappa shape index (κ1) is 16.0. The summed E-state index contributed by atoms with van der Waals surface area (Å²) in [5.41, 5.74) is 3.62. The van der Waals surface area contributed by atoms with Gasteiger partial charge in [-0.15, -0.1) is 0 Å². The summed E-state index contributed by atoms with van der Waals surface area (Å²) in [6.45, 7) is 6.89. The van der Waals surface area contributed by atoms with Gasteiger partial charge in [0, 0.05) is 30.3 Å². The van der Waals surface area contributed by atoms with Crippen LogP contribution in [-0.2, 0) is 13.1 Å². The molecule has 0 amide bonds. The van der Waals surface area contributed by atoms with Gasteiger partial charge >= 0.3 is 0 Å². The summed E-state index contributed by atoms with van der Waals surface area (Å²) in [5.74, 6) is 1.01. The quantitative estimate of drug-likeness (QED) is 0.858. The van der Waals surface area contributed by atoms with Crippen molar-refractivity contribution in [3.63, 3.8) is 0 Å². The Morgan fingerprint density at radius 3 is 2.71 bits per heavy atom. The van der Waals surface area contributed by atoms with E-state index < -0.39 is 0 Å². The normalized spacial score (nSPS) is 10.7. The Morgan fingerprint density at radius 1 is 1.24 bits per heavy atom. The van der Waals surface area contributed by atoms with Crippen molar-refractivity contribution < 1.29 is 0 Å². The molecule has 0 saturated heterocycles. The number of halogens is 1. The van der Waals surface area contributed by atoms with Gasteiger partial charge < -0.3 is 10.2 Å². The molecule has 3 nitrogen and oxygen atoms in total. The van der Waals surface area contributed by atoms with Crippen LogP contribution in [0.1, 0.15) is 23.7 Å². The molecular weight excluding hydrogens is 326 g/mol. The second-order valence-corrected chi connectivity index (χ2v) is 6.10. The third-order valence-electron chi connectivity index (χ3n) is 3.45. The molecule has 1 N–H and O–H groups in total. The second-order valence-electron chi connectivity index (χ2n) is 5.18. The molecule has 2 rings (SSSR count). The molecule has 0 atom stereocenters. The maximum atomic E-state index is 4.72. The van der Waals surface area contributed by atoms with Crippen molar-refractivity contribution >= 4 is 21.7 Å². The zero-order valence-corrected chi connectivity index (χ0v) is 14.4. The number of hydrogen-bond donors (Lipinski definition) is 1. The van der Waals surface area contributed by atoms with Crippen molar-refractivity contribution in [3.05, 3.63) is 57.7 Å². The van der Waals surface area contributed by atoms with Gasteiger partial charge in [-0.1, -0.05) is 41.1 Å². The summed E-state index contributed by atoms with van der Waals surface area (Å²) in [6.07, 6.45) is 0. The van der Waals surface area contributed by atoms with E-state index in [1.807, 2.05) is 6.07 Å². The topological polar surface area (TPSA) is 28.2 Å². The first-order valence-corrected chi connectivity index (χ1v) is 8.02. The molecule has 0 unspecified atom stereocenters. The predicted octanol–water partition coefficient (Wildman–Crippen LogP) is 3.90. The predicted molar refractivity (Wildman–Crippen MR) is 92.6 cm³/mol. The van der Waals surface area contributed by atoms with Crippen molar-refractivity contribution in [3.8, 4) is 0 Å². The Balaban J connectivity index is 2.08. The Kier molecular flexibility index (Phi) is 5.76. The summed E-state index contributed by atoms with van der Waals surface area (Å²) in [4.78, 5) is 6.89. The van der Waals surface area contributed by atoms with E-state index in [1.165, 1.54) is 11.1 Å². The lowest BCUT2D eigenvalue weighted by Gasteiger charge is -2.20. The number of benzene rings is 1. The highest BCUT2D eigenvalue weighted by molar-refractivity contribution is 9.10. The number of aryl methyl sites for hydroxylation is 1. The van der Waals surface area contributed by atoms with Crippen LogP contribution in [0.3, 0.4) is 0 Å². The molecule has 0 fully saturated rings. The minimum absolute atomic E-state index is 0.846. The molecule has 1 aromatic heterocycles. The van der Waals surface area contributed by atoms with E-state index >= 15 is 0 Å². The smallest absolute Gasteiger partial charge is 0.128 e. The van der Waals surface area contributed by atoms with Crippen LogP contribution in [0.25, 0.3) is 0 Å². The molecule has 1 heterocycles. The van der Waals surface area contributed by atoms with Crippen LogP contribution in [0.15, 0.2) is 40.9 Å². The van der Waals surface area contributed by atoms with E-state index in [1.54, 1.807) is 0 Å². The third-order valence-corrected chi connectivity index (χ3v) is 3.94. The van der Waals surface area contributed by atoms with Crippen molar-refractivity contribution in [2.24, 2.45) is 0 Å². The van der Waals surface area contributed by atoms with Gasteiger partial charge in [-0.25, -0.2) is 4.98 Å². The van der Waals surface area contributed by atoms with Crippen molar-refractivity contribution in [1.82, 2.24) is 10.3 Å². The summed E-state index contributed by atoms with van der Waals surface area (Å²) in [7, 11) is 2.08. The van der Waals surface area contributed by atoms with Gasteiger partial charge in [0.25, 0.3) is 0 Å². The second kappa shape index (κ2) is 7.57. The van der Waals surface area contributed by atoms with Gasteiger partial charge in [0.05, 0.1) is 0 Å². The van der Waals surface area contributed by atoms with Crippen LogP contribution in [0.4, 0.5) is 5.82 Å². The van der Waals surface area contributed by atoms with Gasteiger partial charge in [0.2, 0.25) is 0 Å². The van der Waals surface area contributed by atoms with Crippen molar-refractivity contribution in [1.29, 1.82) is 0 Å². The van der Waals surface area contributed by atoms with Crippen LogP contribution in [-0.4, -0.2) is 18.6 Å². The zero-order valence-electron chi connectivity index (χ0n) is 12.9.